The highest BCUT2D eigenvalue weighted by molar-refractivity contribution is 5.84. The fourth-order valence-electron chi connectivity index (χ4n) is 3.43. The highest BCUT2D eigenvalue weighted by atomic mass is 16.5. The van der Waals surface area contributed by atoms with Gasteiger partial charge in [-0.1, -0.05) is 24.3 Å². The zero-order valence-corrected chi connectivity index (χ0v) is 15.2. The highest BCUT2D eigenvalue weighted by Crippen LogP contribution is 2.34. The fraction of sp³-hybridized carbons (Fsp3) is 0.238. The molecule has 1 aromatic heterocycles. The Hall–Kier alpha value is -3.28. The van der Waals surface area contributed by atoms with Crippen LogP contribution in [0.5, 0.6) is 5.75 Å². The number of ether oxygens (including phenoxy) is 1. The summed E-state index contributed by atoms with van der Waals surface area (Å²) in [7, 11) is 1.59. The summed E-state index contributed by atoms with van der Waals surface area (Å²) in [6.07, 6.45) is -0.612. The van der Waals surface area contributed by atoms with Gasteiger partial charge < -0.3 is 19.4 Å². The molecule has 0 radical (unpaired) electrons. The van der Waals surface area contributed by atoms with Gasteiger partial charge in [-0.3, -0.25) is 4.79 Å². The highest BCUT2D eigenvalue weighted by Gasteiger charge is 2.30. The standard InChI is InChI=1S/C21H20N2O4/c1-13-7-8-15-14(10-20(24)27-18(15)9-13)11-23-12-19(21(25)22-2)26-17-6-4-3-5-16(17)23/h3-10,19H,11-12H2,1-2H3,(H,22,25)/t19-/m1/s1. The van der Waals surface area contributed by atoms with E-state index in [1.165, 1.54) is 6.07 Å². The van der Waals surface area contributed by atoms with Crippen molar-refractivity contribution >= 4 is 22.6 Å². The van der Waals surface area contributed by atoms with Gasteiger partial charge in [0, 0.05) is 25.0 Å². The number of nitrogens with zero attached hydrogens (tertiary/aromatic N) is 1. The molecule has 3 aromatic rings. The summed E-state index contributed by atoms with van der Waals surface area (Å²) in [5.74, 6) is 0.475. The first-order valence-electron chi connectivity index (χ1n) is 8.81. The summed E-state index contributed by atoms with van der Waals surface area (Å²) in [5, 5.41) is 3.53. The molecule has 1 aliphatic rings. The zero-order valence-electron chi connectivity index (χ0n) is 15.2. The number of carbonyl (C=O) groups is 1. The molecule has 1 atom stereocenters. The molecular formula is C21H20N2O4. The lowest BCUT2D eigenvalue weighted by atomic mass is 10.1. The molecule has 6 nitrogen and oxygen atoms in total. The molecule has 4 rings (SSSR count). The van der Waals surface area contributed by atoms with Crippen LogP contribution in [-0.2, 0) is 11.3 Å². The summed E-state index contributed by atoms with van der Waals surface area (Å²) >= 11 is 0. The Morgan fingerprint density at radius 1 is 1.22 bits per heavy atom. The van der Waals surface area contributed by atoms with Gasteiger partial charge in [0.1, 0.15) is 11.3 Å². The minimum atomic E-state index is -0.612. The second-order valence-electron chi connectivity index (χ2n) is 6.66. The number of carbonyl (C=O) groups excluding carboxylic acids is 1. The smallest absolute Gasteiger partial charge is 0.336 e. The number of anilines is 1. The molecule has 2 heterocycles. The van der Waals surface area contributed by atoms with Crippen LogP contribution in [-0.4, -0.2) is 25.6 Å². The van der Waals surface area contributed by atoms with Crippen molar-refractivity contribution in [3.63, 3.8) is 0 Å². The Balaban J connectivity index is 1.76. The Morgan fingerprint density at radius 2 is 2.04 bits per heavy atom. The van der Waals surface area contributed by atoms with Gasteiger partial charge >= 0.3 is 5.63 Å². The fourth-order valence-corrected chi connectivity index (χ4v) is 3.43. The number of rotatable bonds is 3. The van der Waals surface area contributed by atoms with Gasteiger partial charge in [0.15, 0.2) is 6.10 Å². The van der Waals surface area contributed by atoms with E-state index in [9.17, 15) is 9.59 Å². The minimum Gasteiger partial charge on any atom is -0.477 e. The molecular weight excluding hydrogens is 344 g/mol. The molecule has 1 amide bonds. The molecule has 0 spiro atoms. The first-order valence-corrected chi connectivity index (χ1v) is 8.81. The van der Waals surface area contributed by atoms with Crippen LogP contribution in [0.15, 0.2) is 57.7 Å². The average Bonchev–Trinajstić information content (AvgIpc) is 2.66. The molecule has 0 unspecified atom stereocenters. The lowest BCUT2D eigenvalue weighted by molar-refractivity contribution is -0.127. The summed E-state index contributed by atoms with van der Waals surface area (Å²) in [6.45, 7) is 2.82. The third-order valence-electron chi connectivity index (χ3n) is 4.75. The summed E-state index contributed by atoms with van der Waals surface area (Å²) in [5.41, 5.74) is 2.97. The van der Waals surface area contributed by atoms with Crippen LogP contribution < -0.4 is 20.6 Å². The largest absolute Gasteiger partial charge is 0.477 e. The maximum Gasteiger partial charge on any atom is 0.336 e. The Labute approximate surface area is 156 Å². The van der Waals surface area contributed by atoms with E-state index in [0.717, 1.165) is 22.2 Å². The predicted octanol–water partition coefficient (Wildman–Crippen LogP) is 2.62. The van der Waals surface area contributed by atoms with Crippen LogP contribution in [0.1, 0.15) is 11.1 Å². The van der Waals surface area contributed by atoms with Gasteiger partial charge in [0.2, 0.25) is 0 Å². The lowest BCUT2D eigenvalue weighted by Crippen LogP contribution is -2.48. The van der Waals surface area contributed by atoms with Crippen LogP contribution in [0.4, 0.5) is 5.69 Å². The Kier molecular flexibility index (Phi) is 4.32. The SMILES string of the molecule is CNC(=O)[C@H]1CN(Cc2cc(=O)oc3cc(C)ccc23)c2ccccc2O1. The zero-order chi connectivity index (χ0) is 19.0. The normalized spacial score (nSPS) is 15.9. The molecule has 1 aliphatic heterocycles. The Morgan fingerprint density at radius 3 is 2.85 bits per heavy atom. The van der Waals surface area contributed by atoms with Crippen molar-refractivity contribution in [1.82, 2.24) is 5.32 Å². The number of hydrogen-bond acceptors (Lipinski definition) is 5. The number of aryl methyl sites for hydroxylation is 1. The first kappa shape index (κ1) is 17.1. The van der Waals surface area contributed by atoms with Crippen LogP contribution in [0.2, 0.25) is 0 Å². The lowest BCUT2D eigenvalue weighted by Gasteiger charge is -2.35. The van der Waals surface area contributed by atoms with Gasteiger partial charge in [-0.05, 0) is 36.2 Å². The third-order valence-corrected chi connectivity index (χ3v) is 4.75. The average molecular weight is 364 g/mol. The van der Waals surface area contributed by atoms with Crippen LogP contribution in [0.3, 0.4) is 0 Å². The number of para-hydroxylation sites is 2. The van der Waals surface area contributed by atoms with Crippen molar-refractivity contribution in [2.45, 2.75) is 19.6 Å². The summed E-state index contributed by atoms with van der Waals surface area (Å²) in [4.78, 5) is 26.3. The van der Waals surface area contributed by atoms with Crippen molar-refractivity contribution in [3.8, 4) is 5.75 Å². The number of likely N-dealkylation sites (N-methyl/N-ethyl adjacent to an activating group) is 1. The van der Waals surface area contributed by atoms with Crippen LogP contribution in [0.25, 0.3) is 11.0 Å². The second-order valence-corrected chi connectivity index (χ2v) is 6.66. The second kappa shape index (κ2) is 6.79. The minimum absolute atomic E-state index is 0.178. The predicted molar refractivity (Wildman–Crippen MR) is 103 cm³/mol. The van der Waals surface area contributed by atoms with Crippen molar-refractivity contribution in [2.75, 3.05) is 18.5 Å². The van der Waals surface area contributed by atoms with Gasteiger partial charge in [0.05, 0.1) is 12.2 Å². The third kappa shape index (κ3) is 3.26. The number of amides is 1. The maximum atomic E-state index is 12.2. The van der Waals surface area contributed by atoms with E-state index in [0.29, 0.717) is 24.4 Å². The van der Waals surface area contributed by atoms with Gasteiger partial charge in [0.25, 0.3) is 5.91 Å². The van der Waals surface area contributed by atoms with Gasteiger partial charge in [-0.2, -0.15) is 0 Å². The molecule has 0 aliphatic carbocycles. The van der Waals surface area contributed by atoms with Crippen LogP contribution >= 0.6 is 0 Å². The van der Waals surface area contributed by atoms with E-state index in [1.807, 2.05) is 49.4 Å². The monoisotopic (exact) mass is 364 g/mol. The van der Waals surface area contributed by atoms with E-state index in [4.69, 9.17) is 9.15 Å². The molecule has 27 heavy (non-hydrogen) atoms. The maximum absolute atomic E-state index is 12.2. The summed E-state index contributed by atoms with van der Waals surface area (Å²) in [6, 6.07) is 14.9. The molecule has 0 bridgehead atoms. The van der Waals surface area contributed by atoms with Gasteiger partial charge in [-0.25, -0.2) is 4.79 Å². The van der Waals surface area contributed by atoms with Gasteiger partial charge in [-0.15, -0.1) is 0 Å². The molecule has 138 valence electrons. The van der Waals surface area contributed by atoms with E-state index in [1.54, 1.807) is 7.05 Å². The molecule has 6 heteroatoms. The topological polar surface area (TPSA) is 71.8 Å². The number of nitrogens with one attached hydrogen (secondary N) is 1. The van der Waals surface area contributed by atoms with Crippen molar-refractivity contribution in [2.24, 2.45) is 0 Å². The van der Waals surface area contributed by atoms with E-state index >= 15 is 0 Å². The first-order chi connectivity index (χ1) is 13.0. The van der Waals surface area contributed by atoms with E-state index in [-0.39, 0.29) is 11.5 Å². The van der Waals surface area contributed by atoms with Crippen molar-refractivity contribution in [3.05, 3.63) is 70.1 Å². The van der Waals surface area contributed by atoms with E-state index in [2.05, 4.69) is 10.2 Å². The Bertz CT molecular complexity index is 1070. The van der Waals surface area contributed by atoms with Crippen molar-refractivity contribution < 1.29 is 13.9 Å². The summed E-state index contributed by atoms with van der Waals surface area (Å²) < 4.78 is 11.2. The molecule has 0 fully saturated rings. The number of hydrogen-bond donors (Lipinski definition) is 1. The molecule has 0 saturated heterocycles. The van der Waals surface area contributed by atoms with Crippen molar-refractivity contribution in [1.29, 1.82) is 0 Å². The quantitative estimate of drug-likeness (QED) is 0.724. The molecule has 1 N–H and O–H groups in total. The molecule has 0 saturated carbocycles. The molecule has 2 aromatic carbocycles. The number of fused-ring (bicyclic) bond motifs is 2. The van der Waals surface area contributed by atoms with E-state index < -0.39 is 6.10 Å². The van der Waals surface area contributed by atoms with Crippen LogP contribution in [0, 0.1) is 6.92 Å². The number of benzene rings is 2.